The smallest absolute Gasteiger partial charge is 0.870 e. The third-order valence-electron chi connectivity index (χ3n) is 29.8. The number of ether oxygens (including phenoxy) is 5. The van der Waals surface area contributed by atoms with Gasteiger partial charge in [-0.05, 0) is 280 Å². The first-order valence-electron chi connectivity index (χ1n) is 49.6. The Balaban J connectivity index is 0.000000149. The second-order valence-corrected chi connectivity index (χ2v) is 45.5. The molecule has 6 atom stereocenters. The number of carboxylic acid groups (broad SMARTS) is 1. The molecule has 3 amide bonds. The summed E-state index contributed by atoms with van der Waals surface area (Å²) in [4.78, 5) is 102. The van der Waals surface area contributed by atoms with Crippen LogP contribution in [0.15, 0.2) is 196 Å². The molecule has 0 radical (unpaired) electrons. The standard InChI is InChI=1S/C33H38FN3O4S.C33H39N3O4S.C32H36FN3O4S.C12H10FNO4S2.Li.H2O/c1-21-7-12-29(41-19-24-9-8-23(16-22(24)2)30(38)36-13-5-4-6-14-36)27(15-21)28-20-42-32(35-28)37-17-25-10-11-26(18-37)33(25,34)31(39)40-3;1-21-7-12-29(40-19-26-11-8-23(16-22(26)2)31(37)35-13-5-4-6-14-35)27(15-21)28-20-41-33(34-28)36-17-24-9-10-25(18-36)30(24)32(38)39-3;1-20-6-11-28(40-18-23-8-7-22(15-21(23)2)29(37)35-12-4-3-5-13-35)26(14-20)27-19-41-31(34-27)36-16-24-9-10-25(17-36)32(24,33)30(38)39;13-14(19(15,16)11-7-3-1-4-8-11)20(17,18)12-9-5-2-6-10-12;;/h7-9,12,15-16,20,25-26H,4-6,10-11,13-14,17-19H2,1-3H3;7-8,11-12,15-16,20,24-25,30H,4-6,9-10,13-14,17-19H2,1-3H3;6-8,11,14-15,19,24-25H,3-5,9-10,12-13,16-18H2,1-2H3,(H,38,39);1-10H;;1H2/q;;;;+1;/p-1. The maximum absolute atomic E-state index is 15.7. The summed E-state index contributed by atoms with van der Waals surface area (Å²) in [5.41, 5.74) is 13.0. The Labute approximate surface area is 875 Å². The number of fused-ring (bicyclic) bond motifs is 6. The summed E-state index contributed by atoms with van der Waals surface area (Å²) in [5.74, 6) is -0.689. The first-order chi connectivity index (χ1) is 69.3. The maximum Gasteiger partial charge on any atom is 1.00 e. The molecule has 6 aliphatic heterocycles. The van der Waals surface area contributed by atoms with E-state index < -0.39 is 80.7 Å². The van der Waals surface area contributed by atoms with Gasteiger partial charge < -0.3 is 63.7 Å². The van der Waals surface area contributed by atoms with Crippen LogP contribution < -0.4 is 47.8 Å². The molecule has 768 valence electrons. The number of aliphatic carboxylic acids is 1. The third kappa shape index (κ3) is 23.6. The molecule has 3 aromatic heterocycles. The molecular formula is C110H124F3LiN10O17S5. The molecule has 3 aliphatic carbocycles. The topological polar surface area (TPSA) is 328 Å². The fourth-order valence-corrected chi connectivity index (χ4v) is 27.2. The van der Waals surface area contributed by atoms with E-state index in [2.05, 4.69) is 46.4 Å². The Morgan fingerprint density at radius 1 is 0.411 bits per heavy atom. The molecule has 2 N–H and O–H groups in total. The Morgan fingerprint density at radius 2 is 0.719 bits per heavy atom. The Morgan fingerprint density at radius 3 is 1.01 bits per heavy atom. The van der Waals surface area contributed by atoms with E-state index in [1.54, 1.807) is 11.3 Å². The molecule has 9 fully saturated rings. The number of carboxylic acids is 1. The fourth-order valence-electron chi connectivity index (χ4n) is 21.7. The molecule has 3 saturated carbocycles. The van der Waals surface area contributed by atoms with E-state index in [4.69, 9.17) is 38.6 Å². The number of aromatic nitrogens is 3. The van der Waals surface area contributed by atoms with Gasteiger partial charge in [0.05, 0.1) is 50.9 Å². The zero-order valence-electron chi connectivity index (χ0n) is 83.8. The number of nitrogens with zero attached hydrogens (tertiary/aromatic N) is 10. The van der Waals surface area contributed by atoms with E-state index in [1.807, 2.05) is 150 Å². The van der Waals surface area contributed by atoms with Gasteiger partial charge in [-0.2, -0.15) is 0 Å². The number of aryl methyl sites for hydroxylation is 6. The molecule has 9 aliphatic rings. The van der Waals surface area contributed by atoms with Crippen LogP contribution in [0.3, 0.4) is 0 Å². The van der Waals surface area contributed by atoms with Crippen molar-refractivity contribution in [3.8, 4) is 51.0 Å². The number of rotatable bonds is 25. The first kappa shape index (κ1) is 109. The van der Waals surface area contributed by atoms with Crippen molar-refractivity contribution in [1.82, 2.24) is 33.6 Å². The number of hydrogen-bond acceptors (Lipinski definition) is 25. The number of likely N-dealkylation sites (tertiary alicyclic amines) is 3. The first-order valence-corrected chi connectivity index (χ1v) is 55.1. The maximum atomic E-state index is 15.7. The summed E-state index contributed by atoms with van der Waals surface area (Å²) in [5, 5.41) is 18.3. The Kier molecular flexibility index (Phi) is 35.2. The van der Waals surface area contributed by atoms with Gasteiger partial charge in [-0.15, -0.1) is 38.5 Å². The van der Waals surface area contributed by atoms with E-state index >= 15 is 8.78 Å². The van der Waals surface area contributed by atoms with Gasteiger partial charge in [0.1, 0.15) is 37.1 Å². The van der Waals surface area contributed by atoms with Crippen molar-refractivity contribution >= 4 is 105 Å². The zero-order chi connectivity index (χ0) is 101. The number of benzene rings is 8. The molecule has 8 aromatic carbocycles. The minimum Gasteiger partial charge on any atom is -0.870 e. The molecule has 6 unspecified atom stereocenters. The summed E-state index contributed by atoms with van der Waals surface area (Å²) in [7, 11) is -6.77. The number of sulfonamides is 2. The van der Waals surface area contributed by atoms with Crippen molar-refractivity contribution in [2.75, 3.05) is 107 Å². The van der Waals surface area contributed by atoms with Gasteiger partial charge in [0, 0.05) is 152 Å². The van der Waals surface area contributed by atoms with Crippen LogP contribution in [-0.2, 0) is 63.7 Å². The molecule has 27 nitrogen and oxygen atoms in total. The summed E-state index contributed by atoms with van der Waals surface area (Å²) in [6.45, 7) is 21.7. The molecule has 36 heteroatoms. The number of carbonyl (C=O) groups is 6. The molecule has 11 aromatic rings. The largest absolute Gasteiger partial charge is 1.00 e. The average molecular weight is 2080 g/mol. The van der Waals surface area contributed by atoms with Crippen LogP contribution in [0.2, 0.25) is 0 Å². The van der Waals surface area contributed by atoms with Gasteiger partial charge in [0.15, 0.2) is 15.4 Å². The zero-order valence-corrected chi connectivity index (χ0v) is 87.9. The van der Waals surface area contributed by atoms with E-state index in [0.29, 0.717) is 89.3 Å². The van der Waals surface area contributed by atoms with Gasteiger partial charge >= 0.3 is 36.8 Å². The summed E-state index contributed by atoms with van der Waals surface area (Å²) in [6, 6.07) is 49.0. The predicted octanol–water partition coefficient (Wildman–Crippen LogP) is 17.7. The van der Waals surface area contributed by atoms with E-state index in [0.717, 1.165) is 255 Å². The second-order valence-electron chi connectivity index (χ2n) is 39.3. The summed E-state index contributed by atoms with van der Waals surface area (Å²) < 4.78 is 121. The summed E-state index contributed by atoms with van der Waals surface area (Å²) >= 11 is 4.67. The molecule has 6 saturated heterocycles. The van der Waals surface area contributed by atoms with Crippen LogP contribution >= 0.6 is 34.0 Å². The van der Waals surface area contributed by atoms with Crippen LogP contribution in [0.5, 0.6) is 17.2 Å². The van der Waals surface area contributed by atoms with Crippen LogP contribution in [0.4, 0.5) is 28.7 Å². The number of thiazole rings is 3. The quantitative estimate of drug-likeness (QED) is 0.0315. The Hall–Kier alpha value is -11.5. The SMILES string of the molecule is COC(=O)C1(F)C2CCC1CN(c1nc(-c3cc(C)ccc3OCc3ccc(C(=O)N4CCCCC4)cc3C)cs1)C2.COC(=O)C1C2CCC1CN(c1nc(-c3cc(C)ccc3OCc3ccc(C(=O)N4CCCCC4)cc3C)cs1)C2.Cc1ccc(OCc2ccc(C(=O)N3CCCCC3)cc2C)c(-c2csc(N3CC4CCC(C3)C4(F)C(=O)O)n2)c1.O=S(=O)(c1ccccc1)N(F)S(=O)(=O)c1ccccc1.[Li+].[OH-]. The van der Waals surface area contributed by atoms with E-state index in [-0.39, 0.29) is 53.9 Å². The number of piperidine rings is 6. The van der Waals surface area contributed by atoms with Gasteiger partial charge in [0.2, 0.25) is 11.3 Å². The number of anilines is 3. The molecule has 146 heavy (non-hydrogen) atoms. The minimum atomic E-state index is -4.77. The van der Waals surface area contributed by atoms with Crippen molar-refractivity contribution in [3.63, 3.8) is 0 Å². The number of halogens is 3. The molecule has 9 heterocycles. The molecule has 20 rings (SSSR count). The molecule has 6 bridgehead atoms. The third-order valence-corrected chi connectivity index (χ3v) is 36.2. The number of hydrogen-bond donors (Lipinski definition) is 1. The number of amides is 3. The van der Waals surface area contributed by atoms with Crippen molar-refractivity contribution in [2.45, 2.75) is 179 Å². The van der Waals surface area contributed by atoms with Gasteiger partial charge in [-0.3, -0.25) is 19.2 Å². The van der Waals surface area contributed by atoms with Crippen LogP contribution in [-0.4, -0.2) is 201 Å². The van der Waals surface area contributed by atoms with Crippen molar-refractivity contribution in [2.24, 2.45) is 41.4 Å². The second kappa shape index (κ2) is 47.3. The number of carbonyl (C=O) groups excluding carboxylic acids is 5. The molecule has 0 spiro atoms. The van der Waals surface area contributed by atoms with E-state index in [1.165, 1.54) is 92.6 Å². The molecular weight excluding hydrogens is 1960 g/mol. The van der Waals surface area contributed by atoms with Crippen molar-refractivity contribution < 1.29 is 112 Å². The van der Waals surface area contributed by atoms with Gasteiger partial charge in [0.25, 0.3) is 37.8 Å². The summed E-state index contributed by atoms with van der Waals surface area (Å²) in [6.07, 6.45) is 14.7. The van der Waals surface area contributed by atoms with Crippen LogP contribution in [0.1, 0.15) is 177 Å². The van der Waals surface area contributed by atoms with Crippen LogP contribution in [0.25, 0.3) is 33.8 Å². The Bertz CT molecular complexity index is 6650. The van der Waals surface area contributed by atoms with Crippen molar-refractivity contribution in [1.29, 1.82) is 0 Å². The minimum absolute atomic E-state index is 0. The van der Waals surface area contributed by atoms with Crippen molar-refractivity contribution in [3.05, 3.63) is 253 Å². The van der Waals surface area contributed by atoms with Gasteiger partial charge in [-0.25, -0.2) is 50.2 Å². The van der Waals surface area contributed by atoms with Crippen LogP contribution in [0, 0.1) is 83.0 Å². The number of esters is 2. The average Bonchev–Trinajstić information content (AvgIpc) is 1.59. The van der Waals surface area contributed by atoms with E-state index in [9.17, 15) is 55.2 Å². The van der Waals surface area contributed by atoms with Gasteiger partial charge in [-0.1, -0.05) is 89.5 Å². The predicted molar refractivity (Wildman–Crippen MR) is 553 cm³/mol. The normalized spacial score (nSPS) is 21.4. The monoisotopic (exact) mass is 2080 g/mol. The number of alkyl halides is 2. The fraction of sp³-hybridized carbons (Fsp3) is 0.427. The number of methoxy groups -OCH3 is 2.